The zero-order valence-electron chi connectivity index (χ0n) is 30.3. The molecule has 0 fully saturated rings. The molecule has 0 unspecified atom stereocenters. The van der Waals surface area contributed by atoms with E-state index in [1.54, 1.807) is 11.9 Å². The number of benzene rings is 5. The summed E-state index contributed by atoms with van der Waals surface area (Å²) in [5.74, 6) is 0.201. The Bertz CT molecular complexity index is 2220. The molecule has 53 heavy (non-hydrogen) atoms. The van der Waals surface area contributed by atoms with Gasteiger partial charge in [0.05, 0.1) is 0 Å². The number of rotatable bonds is 13. The molecule has 0 aliphatic rings. The van der Waals surface area contributed by atoms with Gasteiger partial charge in [-0.05, 0) is 58.9 Å². The maximum absolute atomic E-state index is 12.6. The van der Waals surface area contributed by atoms with Crippen molar-refractivity contribution in [2.75, 3.05) is 7.11 Å². The van der Waals surface area contributed by atoms with Crippen LogP contribution in [0.15, 0.2) is 140 Å². The van der Waals surface area contributed by atoms with Gasteiger partial charge in [0, 0.05) is 25.6 Å². The predicted molar refractivity (Wildman–Crippen MR) is 206 cm³/mol. The molecule has 266 valence electrons. The predicted octanol–water partition coefficient (Wildman–Crippen LogP) is 8.62. The first-order valence-electron chi connectivity index (χ1n) is 17.8. The number of aromatic carboxylic acids is 1. The molecule has 5 aromatic carbocycles. The molecule has 0 radical (unpaired) electrons. The van der Waals surface area contributed by atoms with E-state index in [-0.39, 0.29) is 5.69 Å². The monoisotopic (exact) mass is 702 g/mol. The molecule has 7 rings (SSSR count). The average molecular weight is 703 g/mol. The van der Waals surface area contributed by atoms with Crippen LogP contribution in [0.1, 0.15) is 71.5 Å². The van der Waals surface area contributed by atoms with Crippen molar-refractivity contribution in [3.63, 3.8) is 0 Å². The van der Waals surface area contributed by atoms with Gasteiger partial charge in [-0.3, -0.25) is 0 Å². The molecular weight excluding hydrogens is 661 g/mol. The van der Waals surface area contributed by atoms with E-state index in [1.807, 2.05) is 103 Å². The van der Waals surface area contributed by atoms with Crippen LogP contribution in [0.3, 0.4) is 0 Å². The molecule has 1 N–H and O–H groups in total. The third-order valence-electron chi connectivity index (χ3n) is 9.87. The van der Waals surface area contributed by atoms with Gasteiger partial charge in [-0.15, -0.1) is 15.0 Å². The number of carboxylic acid groups (broad SMARTS) is 1. The average Bonchev–Trinajstić information content (AvgIpc) is 3.83. The van der Waals surface area contributed by atoms with E-state index in [4.69, 9.17) is 25.1 Å². The minimum Gasteiger partial charge on any atom is -0.477 e. The molecule has 7 aromatic rings. The Labute approximate surface area is 309 Å². The fraction of sp³-hybridized carbons (Fsp3) is 0.205. The highest BCUT2D eigenvalue weighted by molar-refractivity contribution is 5.87. The van der Waals surface area contributed by atoms with Crippen molar-refractivity contribution in [2.45, 2.75) is 51.3 Å². The third kappa shape index (κ3) is 6.56. The summed E-state index contributed by atoms with van der Waals surface area (Å²) in [5.41, 5.74) is 5.59. The summed E-state index contributed by atoms with van der Waals surface area (Å²) in [6.45, 7) is 6.10. The summed E-state index contributed by atoms with van der Waals surface area (Å²) < 4.78 is 7.47. The van der Waals surface area contributed by atoms with Crippen molar-refractivity contribution in [1.29, 1.82) is 0 Å². The first-order chi connectivity index (χ1) is 25.8. The SMILES string of the molecule is CCCc1nc(C(C)(C)OC)c(C(=O)O)n1Cc1ccc(-c2ccccc2-c2nnn(C(c3ccccc3)(c3ccccc3)c3ccccc3)n2)cc1. The van der Waals surface area contributed by atoms with Gasteiger partial charge in [0.2, 0.25) is 5.82 Å². The van der Waals surface area contributed by atoms with E-state index in [0.29, 0.717) is 24.5 Å². The number of hydrogen-bond donors (Lipinski definition) is 1. The molecule has 0 spiro atoms. The number of carboxylic acids is 1. The molecule has 9 nitrogen and oxygen atoms in total. The van der Waals surface area contributed by atoms with Crippen LogP contribution in [0.5, 0.6) is 0 Å². The number of nitrogens with zero attached hydrogens (tertiary/aromatic N) is 6. The normalized spacial score (nSPS) is 11.8. The second-order valence-electron chi connectivity index (χ2n) is 13.5. The van der Waals surface area contributed by atoms with Gasteiger partial charge in [0.25, 0.3) is 0 Å². The van der Waals surface area contributed by atoms with Crippen LogP contribution in [-0.4, -0.2) is 47.9 Å². The lowest BCUT2D eigenvalue weighted by Crippen LogP contribution is -2.39. The lowest BCUT2D eigenvalue weighted by atomic mass is 9.77. The number of carbonyl (C=O) groups is 1. The van der Waals surface area contributed by atoms with E-state index in [1.165, 1.54) is 0 Å². The number of ether oxygens (including phenoxy) is 1. The molecule has 9 heteroatoms. The van der Waals surface area contributed by atoms with Crippen LogP contribution < -0.4 is 0 Å². The molecule has 0 saturated heterocycles. The largest absolute Gasteiger partial charge is 0.477 e. The number of imidazole rings is 1. The summed E-state index contributed by atoms with van der Waals surface area (Å²) in [6, 6.07) is 47.1. The third-order valence-corrected chi connectivity index (χ3v) is 9.87. The zero-order valence-corrected chi connectivity index (χ0v) is 30.3. The van der Waals surface area contributed by atoms with Crippen molar-refractivity contribution in [2.24, 2.45) is 0 Å². The molecule has 0 saturated carbocycles. The highest BCUT2D eigenvalue weighted by atomic mass is 16.5. The van der Waals surface area contributed by atoms with Crippen LogP contribution in [0.2, 0.25) is 0 Å². The lowest BCUT2D eigenvalue weighted by molar-refractivity contribution is 0.0139. The smallest absolute Gasteiger partial charge is 0.354 e. The Balaban J connectivity index is 1.28. The van der Waals surface area contributed by atoms with E-state index in [0.717, 1.165) is 51.2 Å². The lowest BCUT2D eigenvalue weighted by Gasteiger charge is -2.34. The van der Waals surface area contributed by atoms with Gasteiger partial charge >= 0.3 is 5.97 Å². The van der Waals surface area contributed by atoms with Crippen LogP contribution in [0.4, 0.5) is 0 Å². The Morgan fingerprint density at radius 2 is 1.26 bits per heavy atom. The van der Waals surface area contributed by atoms with Crippen LogP contribution in [0, 0.1) is 0 Å². The fourth-order valence-corrected chi connectivity index (χ4v) is 7.07. The van der Waals surface area contributed by atoms with E-state index in [2.05, 4.69) is 61.5 Å². The van der Waals surface area contributed by atoms with Crippen molar-refractivity contribution in [3.8, 4) is 22.5 Å². The van der Waals surface area contributed by atoms with Gasteiger partial charge in [-0.1, -0.05) is 146 Å². The maximum atomic E-state index is 12.6. The molecule has 2 heterocycles. The quantitative estimate of drug-likeness (QED) is 0.120. The standard InChI is InChI=1S/C44H42N6O3/c1-5-17-38-45-40(43(2,3)53-4)39(42(51)52)49(38)30-31-26-28-32(29-27-31)36-24-15-16-25-37(36)41-46-48-50(47-41)44(33-18-9-6-10-19-33,34-20-11-7-12-21-34)35-22-13-8-14-23-35/h6-16,18-29H,5,17,30H2,1-4H3,(H,51,52). The fourth-order valence-electron chi connectivity index (χ4n) is 7.07. The van der Waals surface area contributed by atoms with E-state index in [9.17, 15) is 9.90 Å². The molecular formula is C44H42N6O3. The van der Waals surface area contributed by atoms with Crippen molar-refractivity contribution < 1.29 is 14.6 Å². The van der Waals surface area contributed by atoms with Crippen LogP contribution in [-0.2, 0) is 28.8 Å². The topological polar surface area (TPSA) is 108 Å². The highest BCUT2D eigenvalue weighted by Crippen LogP contribution is 2.40. The summed E-state index contributed by atoms with van der Waals surface area (Å²) in [4.78, 5) is 19.1. The maximum Gasteiger partial charge on any atom is 0.354 e. The summed E-state index contributed by atoms with van der Waals surface area (Å²) >= 11 is 0. The van der Waals surface area contributed by atoms with Crippen LogP contribution >= 0.6 is 0 Å². The number of tetrazole rings is 1. The van der Waals surface area contributed by atoms with Crippen molar-refractivity contribution >= 4 is 5.97 Å². The second-order valence-corrected chi connectivity index (χ2v) is 13.5. The van der Waals surface area contributed by atoms with Gasteiger partial charge < -0.3 is 14.4 Å². The van der Waals surface area contributed by atoms with Crippen molar-refractivity contribution in [3.05, 3.63) is 179 Å². The Kier molecular flexibility index (Phi) is 9.84. The number of aromatic nitrogens is 6. The minimum absolute atomic E-state index is 0.154. The summed E-state index contributed by atoms with van der Waals surface area (Å²) in [7, 11) is 1.57. The summed E-state index contributed by atoms with van der Waals surface area (Å²) in [6.07, 6.45) is 1.49. The molecule has 0 aliphatic heterocycles. The molecule has 2 aromatic heterocycles. The minimum atomic E-state index is -1.03. The number of aryl methyl sites for hydroxylation is 1. The molecule has 0 aliphatic carbocycles. The first-order valence-corrected chi connectivity index (χ1v) is 17.8. The van der Waals surface area contributed by atoms with Gasteiger partial charge in [-0.2, -0.15) is 0 Å². The van der Waals surface area contributed by atoms with Gasteiger partial charge in [-0.25, -0.2) is 9.78 Å². The molecule has 0 amide bonds. The number of methoxy groups -OCH3 is 1. The van der Waals surface area contributed by atoms with E-state index < -0.39 is 17.1 Å². The van der Waals surface area contributed by atoms with Gasteiger partial charge in [0.1, 0.15) is 17.1 Å². The van der Waals surface area contributed by atoms with Crippen molar-refractivity contribution in [1.82, 2.24) is 29.8 Å². The highest BCUT2D eigenvalue weighted by Gasteiger charge is 2.41. The second kappa shape index (κ2) is 14.8. The Morgan fingerprint density at radius 3 is 1.77 bits per heavy atom. The molecule has 0 atom stereocenters. The van der Waals surface area contributed by atoms with Gasteiger partial charge in [0.15, 0.2) is 11.2 Å². The molecule has 0 bridgehead atoms. The van der Waals surface area contributed by atoms with Crippen LogP contribution in [0.25, 0.3) is 22.5 Å². The Hall–Kier alpha value is -6.19. The summed E-state index contributed by atoms with van der Waals surface area (Å²) in [5, 5.41) is 24.9. The van der Waals surface area contributed by atoms with E-state index >= 15 is 0 Å². The Morgan fingerprint density at radius 1 is 0.736 bits per heavy atom. The number of hydrogen-bond acceptors (Lipinski definition) is 6. The first kappa shape index (κ1) is 35.2. The zero-order chi connectivity index (χ0) is 37.0.